The summed E-state index contributed by atoms with van der Waals surface area (Å²) in [6, 6.07) is 0. The fourth-order valence-electron chi connectivity index (χ4n) is 4.76. The molecular formula is C17H34O2Si. The van der Waals surface area contributed by atoms with Crippen LogP contribution in [0.15, 0.2) is 0 Å². The molecule has 3 heteroatoms. The molecule has 2 saturated carbocycles. The van der Waals surface area contributed by atoms with Gasteiger partial charge in [-0.05, 0) is 49.4 Å². The Morgan fingerprint density at radius 3 is 1.85 bits per heavy atom. The molecule has 0 N–H and O–H groups in total. The Morgan fingerprint density at radius 2 is 1.45 bits per heavy atom. The van der Waals surface area contributed by atoms with Gasteiger partial charge in [-0.25, -0.2) is 0 Å². The van der Waals surface area contributed by atoms with Gasteiger partial charge in [0, 0.05) is 25.3 Å². The molecule has 0 aromatic heterocycles. The van der Waals surface area contributed by atoms with Gasteiger partial charge in [0.2, 0.25) is 0 Å². The van der Waals surface area contributed by atoms with Crippen LogP contribution in [-0.2, 0) is 8.85 Å². The lowest BCUT2D eigenvalue weighted by Gasteiger charge is -2.45. The third-order valence-electron chi connectivity index (χ3n) is 6.53. The van der Waals surface area contributed by atoms with Gasteiger partial charge < -0.3 is 8.85 Å². The molecule has 2 aliphatic carbocycles. The van der Waals surface area contributed by atoms with Crippen LogP contribution in [0.3, 0.4) is 0 Å². The highest BCUT2D eigenvalue weighted by atomic mass is 28.4. The summed E-state index contributed by atoms with van der Waals surface area (Å²) in [5, 5.41) is 0. The third-order valence-corrected chi connectivity index (χ3v) is 11.4. The minimum atomic E-state index is -2.08. The first-order valence-electron chi connectivity index (χ1n) is 8.46. The quantitative estimate of drug-likeness (QED) is 0.670. The third kappa shape index (κ3) is 2.86. The number of hydrogen-bond acceptors (Lipinski definition) is 2. The van der Waals surface area contributed by atoms with Crippen LogP contribution < -0.4 is 0 Å². The maximum absolute atomic E-state index is 6.21. The summed E-state index contributed by atoms with van der Waals surface area (Å²) in [5.41, 5.74) is 1.91. The fraction of sp³-hybridized carbons (Fsp3) is 1.00. The van der Waals surface area contributed by atoms with E-state index in [0.29, 0.717) is 16.5 Å². The Balaban J connectivity index is 2.17. The Bertz CT molecular complexity index is 315. The predicted molar refractivity (Wildman–Crippen MR) is 87.1 cm³/mol. The van der Waals surface area contributed by atoms with Gasteiger partial charge in [0.05, 0.1) is 0 Å². The van der Waals surface area contributed by atoms with Crippen LogP contribution in [0.5, 0.6) is 0 Å². The molecule has 3 unspecified atom stereocenters. The van der Waals surface area contributed by atoms with E-state index in [-0.39, 0.29) is 0 Å². The minimum absolute atomic E-state index is 0.521. The summed E-state index contributed by atoms with van der Waals surface area (Å²) < 4.78 is 12.4. The SMILES string of the molecule is CO[Si](OC)(C1CCC(C)(C)CC1)C1CCC(C)C1C. The highest BCUT2D eigenvalue weighted by molar-refractivity contribution is 6.70. The average Bonchev–Trinajstić information content (AvgIpc) is 2.75. The molecule has 2 rings (SSSR count). The molecule has 2 aliphatic rings. The van der Waals surface area contributed by atoms with Crippen molar-refractivity contribution >= 4 is 8.56 Å². The van der Waals surface area contributed by atoms with Crippen LogP contribution >= 0.6 is 0 Å². The van der Waals surface area contributed by atoms with Crippen molar-refractivity contribution in [1.29, 1.82) is 0 Å². The highest BCUT2D eigenvalue weighted by Gasteiger charge is 2.56. The first-order valence-corrected chi connectivity index (χ1v) is 10.4. The molecule has 0 saturated heterocycles. The Labute approximate surface area is 126 Å². The second-order valence-corrected chi connectivity index (χ2v) is 11.9. The van der Waals surface area contributed by atoms with E-state index in [0.717, 1.165) is 11.8 Å². The van der Waals surface area contributed by atoms with Gasteiger partial charge in [-0.1, -0.05) is 34.1 Å². The van der Waals surface area contributed by atoms with Crippen molar-refractivity contribution in [2.75, 3.05) is 14.2 Å². The molecule has 20 heavy (non-hydrogen) atoms. The Kier molecular flexibility index (Phi) is 5.03. The molecule has 0 heterocycles. The smallest absolute Gasteiger partial charge is 0.344 e. The summed E-state index contributed by atoms with van der Waals surface area (Å²) in [7, 11) is 1.77. The van der Waals surface area contributed by atoms with Gasteiger partial charge in [-0.15, -0.1) is 0 Å². The lowest BCUT2D eigenvalue weighted by Crippen LogP contribution is -2.52. The van der Waals surface area contributed by atoms with Gasteiger partial charge in [0.1, 0.15) is 0 Å². The van der Waals surface area contributed by atoms with Crippen LogP contribution in [0.2, 0.25) is 11.1 Å². The maximum Gasteiger partial charge on any atom is 0.344 e. The van der Waals surface area contributed by atoms with E-state index in [1.807, 2.05) is 14.2 Å². The zero-order chi connectivity index (χ0) is 15.0. The first-order chi connectivity index (χ1) is 9.36. The zero-order valence-electron chi connectivity index (χ0n) is 14.4. The molecule has 0 radical (unpaired) electrons. The van der Waals surface area contributed by atoms with E-state index in [4.69, 9.17) is 8.85 Å². The van der Waals surface area contributed by atoms with Crippen LogP contribution in [-0.4, -0.2) is 22.8 Å². The average molecular weight is 299 g/mol. The van der Waals surface area contributed by atoms with E-state index >= 15 is 0 Å². The molecule has 3 atom stereocenters. The second-order valence-electron chi connectivity index (χ2n) is 8.09. The lowest BCUT2D eigenvalue weighted by molar-refractivity contribution is 0.167. The van der Waals surface area contributed by atoms with E-state index in [1.54, 1.807) is 0 Å². The molecule has 2 nitrogen and oxygen atoms in total. The summed E-state index contributed by atoms with van der Waals surface area (Å²) in [6.07, 6.45) is 7.93. The topological polar surface area (TPSA) is 18.5 Å². The molecule has 0 aromatic rings. The van der Waals surface area contributed by atoms with Gasteiger partial charge >= 0.3 is 8.56 Å². The molecule has 0 bridgehead atoms. The molecule has 0 aliphatic heterocycles. The van der Waals surface area contributed by atoms with Crippen LogP contribution in [0.4, 0.5) is 0 Å². The number of hydrogen-bond donors (Lipinski definition) is 0. The van der Waals surface area contributed by atoms with Crippen LogP contribution in [0, 0.1) is 17.3 Å². The summed E-state index contributed by atoms with van der Waals surface area (Å²) in [5.74, 6) is 1.59. The number of rotatable bonds is 4. The van der Waals surface area contributed by atoms with E-state index in [2.05, 4.69) is 27.7 Å². The summed E-state index contributed by atoms with van der Waals surface area (Å²) in [6.45, 7) is 9.65. The van der Waals surface area contributed by atoms with Gasteiger partial charge in [0.25, 0.3) is 0 Å². The standard InChI is InChI=1S/C17H34O2Si/c1-13-7-8-16(14(13)2)20(18-5,19-6)15-9-11-17(3,4)12-10-15/h13-16H,7-12H2,1-6H3. The molecule has 0 spiro atoms. The van der Waals surface area contributed by atoms with Gasteiger partial charge in [-0.2, -0.15) is 0 Å². The maximum atomic E-state index is 6.21. The molecular weight excluding hydrogens is 264 g/mol. The normalized spacial score (nSPS) is 35.4. The lowest BCUT2D eigenvalue weighted by atomic mass is 9.77. The molecule has 0 aromatic carbocycles. The molecule has 2 fully saturated rings. The van der Waals surface area contributed by atoms with E-state index in [9.17, 15) is 0 Å². The van der Waals surface area contributed by atoms with Gasteiger partial charge in [0.15, 0.2) is 0 Å². The van der Waals surface area contributed by atoms with Crippen LogP contribution in [0.25, 0.3) is 0 Å². The Hall–Kier alpha value is 0.137. The van der Waals surface area contributed by atoms with Crippen molar-refractivity contribution < 1.29 is 8.85 Å². The predicted octanol–water partition coefficient (Wildman–Crippen LogP) is 5.13. The van der Waals surface area contributed by atoms with Crippen molar-refractivity contribution in [3.63, 3.8) is 0 Å². The van der Waals surface area contributed by atoms with Crippen molar-refractivity contribution in [3.05, 3.63) is 0 Å². The largest absolute Gasteiger partial charge is 0.397 e. The Morgan fingerprint density at radius 1 is 0.900 bits per heavy atom. The highest BCUT2D eigenvalue weighted by Crippen LogP contribution is 2.55. The van der Waals surface area contributed by atoms with E-state index in [1.165, 1.54) is 38.5 Å². The van der Waals surface area contributed by atoms with Crippen molar-refractivity contribution in [1.82, 2.24) is 0 Å². The van der Waals surface area contributed by atoms with Gasteiger partial charge in [-0.3, -0.25) is 0 Å². The first kappa shape index (κ1) is 16.5. The van der Waals surface area contributed by atoms with E-state index < -0.39 is 8.56 Å². The zero-order valence-corrected chi connectivity index (χ0v) is 15.4. The minimum Gasteiger partial charge on any atom is -0.397 e. The second kappa shape index (κ2) is 6.10. The van der Waals surface area contributed by atoms with Crippen LogP contribution in [0.1, 0.15) is 66.2 Å². The summed E-state index contributed by atoms with van der Waals surface area (Å²) in [4.78, 5) is 0. The summed E-state index contributed by atoms with van der Waals surface area (Å²) >= 11 is 0. The van der Waals surface area contributed by atoms with Crippen molar-refractivity contribution in [3.8, 4) is 0 Å². The fourth-order valence-corrected chi connectivity index (χ4v) is 9.52. The monoisotopic (exact) mass is 298 g/mol. The van der Waals surface area contributed by atoms with Crippen molar-refractivity contribution in [2.24, 2.45) is 17.3 Å². The molecule has 118 valence electrons. The van der Waals surface area contributed by atoms with Crippen molar-refractivity contribution in [2.45, 2.75) is 77.3 Å². The molecule has 0 amide bonds.